The van der Waals surface area contributed by atoms with E-state index in [9.17, 15) is 4.79 Å². The smallest absolute Gasteiger partial charge is 0.279 e. The molecule has 0 aliphatic heterocycles. The van der Waals surface area contributed by atoms with E-state index in [-0.39, 0.29) is 5.24 Å². The Hall–Kier alpha value is -0.700. The van der Waals surface area contributed by atoms with Crippen LogP contribution < -0.4 is 5.32 Å². The van der Waals surface area contributed by atoms with Gasteiger partial charge in [0.15, 0.2) is 0 Å². The molecular formula is C12H21NOS. The molecule has 2 nitrogen and oxygen atoms in total. The van der Waals surface area contributed by atoms with Crippen molar-refractivity contribution in [3.63, 3.8) is 0 Å². The van der Waals surface area contributed by atoms with E-state index in [0.717, 1.165) is 25.1 Å². The Morgan fingerprint density at radius 2 is 2.13 bits per heavy atom. The maximum Gasteiger partial charge on any atom is 0.279 e. The molecular weight excluding hydrogens is 206 g/mol. The Morgan fingerprint density at radius 1 is 1.40 bits per heavy atom. The van der Waals surface area contributed by atoms with Gasteiger partial charge in [-0.25, -0.2) is 0 Å². The quantitative estimate of drug-likeness (QED) is 0.553. The molecule has 1 N–H and O–H groups in total. The van der Waals surface area contributed by atoms with Crippen molar-refractivity contribution in [1.82, 2.24) is 5.32 Å². The monoisotopic (exact) mass is 227 g/mol. The number of hydrogen-bond donors (Lipinski definition) is 1. The van der Waals surface area contributed by atoms with Gasteiger partial charge in [-0.1, -0.05) is 42.5 Å². The molecule has 15 heavy (non-hydrogen) atoms. The molecule has 1 amide bonds. The molecule has 86 valence electrons. The third kappa shape index (κ3) is 8.30. The van der Waals surface area contributed by atoms with Gasteiger partial charge in [0.2, 0.25) is 0 Å². The molecule has 0 aromatic rings. The summed E-state index contributed by atoms with van der Waals surface area (Å²) < 4.78 is 0. The molecule has 0 saturated heterocycles. The summed E-state index contributed by atoms with van der Waals surface area (Å²) in [5.41, 5.74) is 1.33. The second-order valence-corrected chi connectivity index (χ2v) is 4.35. The van der Waals surface area contributed by atoms with Crippen LogP contribution in [0.2, 0.25) is 0 Å². The Bertz CT molecular complexity index is 234. The minimum atomic E-state index is 0.0885. The zero-order chi connectivity index (χ0) is 11.5. The van der Waals surface area contributed by atoms with Gasteiger partial charge < -0.3 is 5.32 Å². The lowest BCUT2D eigenvalue weighted by Gasteiger charge is -2.04. The zero-order valence-electron chi connectivity index (χ0n) is 9.88. The predicted octanol–water partition coefficient (Wildman–Crippen LogP) is 3.75. The van der Waals surface area contributed by atoms with Crippen molar-refractivity contribution in [3.8, 4) is 0 Å². The third-order valence-electron chi connectivity index (χ3n) is 1.94. The first-order valence-electron chi connectivity index (χ1n) is 5.43. The normalized spacial score (nSPS) is 12.1. The van der Waals surface area contributed by atoms with Crippen molar-refractivity contribution < 1.29 is 4.79 Å². The molecule has 3 heteroatoms. The van der Waals surface area contributed by atoms with E-state index in [4.69, 9.17) is 0 Å². The van der Waals surface area contributed by atoms with Gasteiger partial charge in [-0.15, -0.1) is 0 Å². The Morgan fingerprint density at radius 3 is 2.67 bits per heavy atom. The fraction of sp³-hybridized carbons (Fsp3) is 0.583. The summed E-state index contributed by atoms with van der Waals surface area (Å²) in [5.74, 6) is 0.838. The van der Waals surface area contributed by atoms with Gasteiger partial charge in [0.1, 0.15) is 0 Å². The highest BCUT2D eigenvalue weighted by molar-refractivity contribution is 8.13. The fourth-order valence-electron chi connectivity index (χ4n) is 1.20. The Balaban J connectivity index is 3.57. The van der Waals surface area contributed by atoms with Crippen molar-refractivity contribution in [2.45, 2.75) is 33.6 Å². The molecule has 0 fully saturated rings. The molecule has 0 aromatic heterocycles. The minimum Gasteiger partial charge on any atom is -0.347 e. The van der Waals surface area contributed by atoms with E-state index >= 15 is 0 Å². The number of thioether (sulfide) groups is 1. The van der Waals surface area contributed by atoms with Crippen LogP contribution in [-0.2, 0) is 0 Å². The number of rotatable bonds is 6. The number of nitrogens with one attached hydrogen (secondary N) is 1. The summed E-state index contributed by atoms with van der Waals surface area (Å²) in [5, 5.41) is 2.97. The van der Waals surface area contributed by atoms with E-state index in [0.29, 0.717) is 0 Å². The second-order valence-electron chi connectivity index (χ2n) is 3.11. The number of amides is 1. The predicted molar refractivity (Wildman–Crippen MR) is 69.3 cm³/mol. The topological polar surface area (TPSA) is 29.1 Å². The first-order chi connectivity index (χ1) is 7.24. The first-order valence-corrected chi connectivity index (χ1v) is 6.41. The lowest BCUT2D eigenvalue weighted by molar-refractivity contribution is 0.260. The fourth-order valence-corrected chi connectivity index (χ4v) is 1.67. The zero-order valence-corrected chi connectivity index (χ0v) is 10.7. The van der Waals surface area contributed by atoms with Crippen molar-refractivity contribution in [2.24, 2.45) is 0 Å². The molecule has 0 aliphatic rings. The lowest BCUT2D eigenvalue weighted by atomic mass is 10.1. The molecule has 0 saturated carbocycles. The molecule has 0 rings (SSSR count). The Kier molecular flexibility index (Phi) is 9.38. The second kappa shape index (κ2) is 9.84. The molecule has 0 aromatic carbocycles. The van der Waals surface area contributed by atoms with Crippen LogP contribution in [0.1, 0.15) is 33.6 Å². The summed E-state index contributed by atoms with van der Waals surface area (Å²) in [6, 6.07) is 0. The molecule has 0 bridgehead atoms. The van der Waals surface area contributed by atoms with Crippen LogP contribution in [0.4, 0.5) is 4.79 Å². The molecule has 0 unspecified atom stereocenters. The van der Waals surface area contributed by atoms with Gasteiger partial charge in [-0.3, -0.25) is 4.79 Å². The van der Waals surface area contributed by atoms with Gasteiger partial charge in [0.05, 0.1) is 0 Å². The van der Waals surface area contributed by atoms with Crippen LogP contribution in [0.3, 0.4) is 0 Å². The number of allylic oxidation sites excluding steroid dienone is 4. The van der Waals surface area contributed by atoms with Crippen LogP contribution in [0.25, 0.3) is 0 Å². The molecule has 0 heterocycles. The highest BCUT2D eigenvalue weighted by atomic mass is 32.2. The van der Waals surface area contributed by atoms with Gasteiger partial charge in [-0.05, 0) is 32.4 Å². The van der Waals surface area contributed by atoms with Gasteiger partial charge in [0.25, 0.3) is 5.24 Å². The van der Waals surface area contributed by atoms with E-state index < -0.39 is 0 Å². The largest absolute Gasteiger partial charge is 0.347 e. The third-order valence-corrected chi connectivity index (χ3v) is 2.63. The summed E-state index contributed by atoms with van der Waals surface area (Å²) in [4.78, 5) is 11.1. The summed E-state index contributed by atoms with van der Waals surface area (Å²) in [6.45, 7) is 6.80. The molecule has 0 atom stereocenters. The van der Waals surface area contributed by atoms with Crippen LogP contribution in [0.15, 0.2) is 23.8 Å². The maximum absolute atomic E-state index is 11.1. The van der Waals surface area contributed by atoms with Gasteiger partial charge >= 0.3 is 0 Å². The standard InChI is InChI=1S/C12H21NOS/c1-4-8-11(5-2)9-7-10-13-12(14)15-6-3/h4-5,8H,6-7,9-10H2,1-3H3,(H,13,14)/b8-4-,11-5+. The van der Waals surface area contributed by atoms with Crippen molar-refractivity contribution in [3.05, 3.63) is 23.8 Å². The maximum atomic E-state index is 11.1. The Labute approximate surface area is 97.2 Å². The number of hydrogen-bond acceptors (Lipinski definition) is 2. The molecule has 0 spiro atoms. The van der Waals surface area contributed by atoms with Crippen molar-refractivity contribution >= 4 is 17.0 Å². The molecule has 0 radical (unpaired) electrons. The van der Waals surface area contributed by atoms with Crippen molar-refractivity contribution in [2.75, 3.05) is 12.3 Å². The summed E-state index contributed by atoms with van der Waals surface area (Å²) in [6.07, 6.45) is 8.30. The van der Waals surface area contributed by atoms with Gasteiger partial charge in [0, 0.05) is 6.54 Å². The number of carbonyl (C=O) groups excluding carboxylic acids is 1. The van der Waals surface area contributed by atoms with Crippen LogP contribution in [0, 0.1) is 0 Å². The highest BCUT2D eigenvalue weighted by Gasteiger charge is 1.98. The highest BCUT2D eigenvalue weighted by Crippen LogP contribution is 2.06. The number of carbonyl (C=O) groups is 1. The van der Waals surface area contributed by atoms with Crippen molar-refractivity contribution in [1.29, 1.82) is 0 Å². The summed E-state index contributed by atoms with van der Waals surface area (Å²) >= 11 is 1.33. The first kappa shape index (κ1) is 14.3. The van der Waals surface area contributed by atoms with E-state index in [1.54, 1.807) is 0 Å². The van der Waals surface area contributed by atoms with Crippen LogP contribution >= 0.6 is 11.8 Å². The average molecular weight is 227 g/mol. The van der Waals surface area contributed by atoms with E-state index in [1.165, 1.54) is 17.3 Å². The van der Waals surface area contributed by atoms with Crippen LogP contribution in [0.5, 0.6) is 0 Å². The van der Waals surface area contributed by atoms with E-state index in [2.05, 4.69) is 17.5 Å². The van der Waals surface area contributed by atoms with Crippen LogP contribution in [-0.4, -0.2) is 17.5 Å². The lowest BCUT2D eigenvalue weighted by Crippen LogP contribution is -2.19. The molecule has 0 aliphatic carbocycles. The van der Waals surface area contributed by atoms with Gasteiger partial charge in [-0.2, -0.15) is 0 Å². The summed E-state index contributed by atoms with van der Waals surface area (Å²) in [7, 11) is 0. The van der Waals surface area contributed by atoms with E-state index in [1.807, 2.05) is 26.8 Å². The minimum absolute atomic E-state index is 0.0885. The SMILES string of the molecule is C/C=C\C(=C/C)CCCNC(=O)SCC. The average Bonchev–Trinajstić information content (AvgIpc) is 2.23.